The minimum Gasteiger partial charge on any atom is -0.494 e. The van der Waals surface area contributed by atoms with Gasteiger partial charge in [-0.1, -0.05) is 11.6 Å². The van der Waals surface area contributed by atoms with Crippen LogP contribution >= 0.6 is 11.6 Å². The molecule has 0 aliphatic carbocycles. The summed E-state index contributed by atoms with van der Waals surface area (Å²) in [5.74, 6) is 0.904. The van der Waals surface area contributed by atoms with Crippen molar-refractivity contribution in [2.75, 3.05) is 19.8 Å². The molecule has 100 valence electrons. The van der Waals surface area contributed by atoms with Gasteiger partial charge in [0.15, 0.2) is 0 Å². The van der Waals surface area contributed by atoms with Crippen LogP contribution in [-0.2, 0) is 11.3 Å². The highest BCUT2D eigenvalue weighted by molar-refractivity contribution is 6.30. The van der Waals surface area contributed by atoms with Crippen molar-refractivity contribution in [2.45, 2.75) is 32.4 Å². The minimum absolute atomic E-state index is 0.361. The lowest BCUT2D eigenvalue weighted by Crippen LogP contribution is -2.26. The van der Waals surface area contributed by atoms with Gasteiger partial charge in [-0.2, -0.15) is 0 Å². The van der Waals surface area contributed by atoms with Crippen LogP contribution in [0.5, 0.6) is 5.75 Å². The first-order chi connectivity index (χ1) is 8.79. The Morgan fingerprint density at radius 1 is 1.50 bits per heavy atom. The van der Waals surface area contributed by atoms with Crippen LogP contribution in [0.4, 0.5) is 0 Å². The Balaban J connectivity index is 1.88. The molecule has 1 aliphatic heterocycles. The van der Waals surface area contributed by atoms with Crippen LogP contribution in [0.1, 0.15) is 25.3 Å². The summed E-state index contributed by atoms with van der Waals surface area (Å²) in [6.07, 6.45) is 2.69. The molecule has 1 saturated heterocycles. The zero-order chi connectivity index (χ0) is 12.8. The summed E-state index contributed by atoms with van der Waals surface area (Å²) in [6, 6.07) is 5.74. The standard InChI is InChI=1S/C14H20ClNO2/c1-2-17-14-6-5-12(15)8-11(14)9-16-10-13-4-3-7-18-13/h5-6,8,13,16H,2-4,7,9-10H2,1H3. The van der Waals surface area contributed by atoms with Crippen LogP contribution in [0.2, 0.25) is 5.02 Å². The molecule has 0 amide bonds. The Kier molecular flexibility index (Phi) is 5.29. The zero-order valence-electron chi connectivity index (χ0n) is 10.7. The van der Waals surface area contributed by atoms with Gasteiger partial charge in [-0.05, 0) is 38.0 Å². The summed E-state index contributed by atoms with van der Waals surface area (Å²) >= 11 is 6.01. The molecule has 0 bridgehead atoms. The van der Waals surface area contributed by atoms with E-state index in [1.165, 1.54) is 6.42 Å². The molecule has 1 aromatic rings. The molecular formula is C14H20ClNO2. The molecule has 1 fully saturated rings. The second-order valence-electron chi connectivity index (χ2n) is 4.45. The predicted octanol–water partition coefficient (Wildman–Crippen LogP) is 3.01. The van der Waals surface area contributed by atoms with E-state index in [-0.39, 0.29) is 0 Å². The average molecular weight is 270 g/mol. The van der Waals surface area contributed by atoms with Crippen molar-refractivity contribution in [1.82, 2.24) is 5.32 Å². The van der Waals surface area contributed by atoms with E-state index in [1.807, 2.05) is 25.1 Å². The summed E-state index contributed by atoms with van der Waals surface area (Å²) in [5.41, 5.74) is 1.10. The quantitative estimate of drug-likeness (QED) is 0.861. The lowest BCUT2D eigenvalue weighted by Gasteiger charge is -2.13. The number of hydrogen-bond donors (Lipinski definition) is 1. The van der Waals surface area contributed by atoms with Crippen LogP contribution in [0.25, 0.3) is 0 Å². The van der Waals surface area contributed by atoms with E-state index in [9.17, 15) is 0 Å². The van der Waals surface area contributed by atoms with E-state index in [1.54, 1.807) is 0 Å². The van der Waals surface area contributed by atoms with Crippen molar-refractivity contribution in [2.24, 2.45) is 0 Å². The van der Waals surface area contributed by atoms with E-state index >= 15 is 0 Å². The van der Waals surface area contributed by atoms with Crippen molar-refractivity contribution >= 4 is 11.6 Å². The third kappa shape index (κ3) is 3.87. The van der Waals surface area contributed by atoms with Crippen molar-refractivity contribution in [1.29, 1.82) is 0 Å². The third-order valence-electron chi connectivity index (χ3n) is 3.03. The Morgan fingerprint density at radius 3 is 3.11 bits per heavy atom. The predicted molar refractivity (Wildman–Crippen MR) is 73.3 cm³/mol. The van der Waals surface area contributed by atoms with Gasteiger partial charge < -0.3 is 14.8 Å². The summed E-state index contributed by atoms with van der Waals surface area (Å²) in [4.78, 5) is 0. The number of rotatable bonds is 6. The Bertz CT molecular complexity index is 378. The zero-order valence-corrected chi connectivity index (χ0v) is 11.5. The van der Waals surface area contributed by atoms with Gasteiger partial charge in [0.1, 0.15) is 5.75 Å². The van der Waals surface area contributed by atoms with Crippen LogP contribution < -0.4 is 10.1 Å². The maximum Gasteiger partial charge on any atom is 0.123 e. The van der Waals surface area contributed by atoms with Gasteiger partial charge in [0.2, 0.25) is 0 Å². The number of nitrogens with one attached hydrogen (secondary N) is 1. The van der Waals surface area contributed by atoms with Crippen molar-refractivity contribution < 1.29 is 9.47 Å². The molecule has 0 saturated carbocycles. The maximum absolute atomic E-state index is 6.01. The molecule has 3 nitrogen and oxygen atoms in total. The van der Waals surface area contributed by atoms with E-state index < -0.39 is 0 Å². The van der Waals surface area contributed by atoms with Gasteiger partial charge >= 0.3 is 0 Å². The molecule has 0 radical (unpaired) electrons. The van der Waals surface area contributed by atoms with Crippen LogP contribution in [0, 0.1) is 0 Å². The summed E-state index contributed by atoms with van der Waals surface area (Å²) < 4.78 is 11.2. The Hall–Kier alpha value is -0.770. The van der Waals surface area contributed by atoms with E-state index in [4.69, 9.17) is 21.1 Å². The molecule has 18 heavy (non-hydrogen) atoms. The van der Waals surface area contributed by atoms with E-state index in [2.05, 4.69) is 5.32 Å². The molecule has 1 aliphatic rings. The van der Waals surface area contributed by atoms with Gasteiger partial charge in [0.05, 0.1) is 12.7 Å². The number of hydrogen-bond acceptors (Lipinski definition) is 3. The molecule has 0 aromatic heterocycles. The maximum atomic E-state index is 6.01. The molecule has 1 heterocycles. The first kappa shape index (κ1) is 13.7. The van der Waals surface area contributed by atoms with Crippen molar-refractivity contribution in [3.8, 4) is 5.75 Å². The lowest BCUT2D eigenvalue weighted by atomic mass is 10.2. The fraction of sp³-hybridized carbons (Fsp3) is 0.571. The first-order valence-electron chi connectivity index (χ1n) is 6.53. The van der Waals surface area contributed by atoms with Gasteiger partial charge in [-0.3, -0.25) is 0 Å². The highest BCUT2D eigenvalue weighted by atomic mass is 35.5. The molecule has 1 aromatic carbocycles. The van der Waals surface area contributed by atoms with Crippen LogP contribution in [0.15, 0.2) is 18.2 Å². The average Bonchev–Trinajstić information content (AvgIpc) is 2.86. The van der Waals surface area contributed by atoms with Crippen LogP contribution in [0.3, 0.4) is 0 Å². The molecule has 1 atom stereocenters. The Morgan fingerprint density at radius 2 is 2.39 bits per heavy atom. The molecule has 2 rings (SSSR count). The largest absolute Gasteiger partial charge is 0.494 e. The second kappa shape index (κ2) is 6.98. The van der Waals surface area contributed by atoms with Gasteiger partial charge in [0.25, 0.3) is 0 Å². The number of benzene rings is 1. The summed E-state index contributed by atoms with van der Waals surface area (Å²) in [7, 11) is 0. The summed E-state index contributed by atoms with van der Waals surface area (Å²) in [5, 5.41) is 4.15. The van der Waals surface area contributed by atoms with E-state index in [0.29, 0.717) is 12.7 Å². The monoisotopic (exact) mass is 269 g/mol. The molecule has 1 N–H and O–H groups in total. The van der Waals surface area contributed by atoms with Gasteiger partial charge in [-0.15, -0.1) is 0 Å². The lowest BCUT2D eigenvalue weighted by molar-refractivity contribution is 0.110. The molecule has 1 unspecified atom stereocenters. The third-order valence-corrected chi connectivity index (χ3v) is 3.27. The van der Waals surface area contributed by atoms with Crippen LogP contribution in [-0.4, -0.2) is 25.9 Å². The Labute approximate surface area is 113 Å². The first-order valence-corrected chi connectivity index (χ1v) is 6.91. The normalized spacial score (nSPS) is 19.1. The highest BCUT2D eigenvalue weighted by Gasteiger charge is 2.14. The molecular weight excluding hydrogens is 250 g/mol. The number of halogens is 1. The summed E-state index contributed by atoms with van der Waals surface area (Å²) in [6.45, 7) is 5.19. The SMILES string of the molecule is CCOc1ccc(Cl)cc1CNCC1CCCO1. The topological polar surface area (TPSA) is 30.5 Å². The highest BCUT2D eigenvalue weighted by Crippen LogP contribution is 2.23. The number of ether oxygens (including phenoxy) is 2. The molecule has 0 spiro atoms. The van der Waals surface area contributed by atoms with Gasteiger partial charge in [0, 0.05) is 30.3 Å². The smallest absolute Gasteiger partial charge is 0.123 e. The fourth-order valence-electron chi connectivity index (χ4n) is 2.16. The second-order valence-corrected chi connectivity index (χ2v) is 4.89. The van der Waals surface area contributed by atoms with Gasteiger partial charge in [-0.25, -0.2) is 0 Å². The van der Waals surface area contributed by atoms with Crippen molar-refractivity contribution in [3.05, 3.63) is 28.8 Å². The van der Waals surface area contributed by atoms with Crippen molar-refractivity contribution in [3.63, 3.8) is 0 Å². The minimum atomic E-state index is 0.361. The fourth-order valence-corrected chi connectivity index (χ4v) is 2.35. The van der Waals surface area contributed by atoms with E-state index in [0.717, 1.165) is 42.5 Å². The molecule has 4 heteroatoms.